The van der Waals surface area contributed by atoms with E-state index in [1.54, 1.807) is 6.07 Å². The first-order valence-corrected chi connectivity index (χ1v) is 9.26. The highest BCUT2D eigenvalue weighted by Gasteiger charge is 2.32. The monoisotopic (exact) mass is 335 g/mol. The predicted octanol–water partition coefficient (Wildman–Crippen LogP) is 4.92. The van der Waals surface area contributed by atoms with Crippen LogP contribution >= 0.6 is 0 Å². The Labute approximate surface area is 146 Å². The zero-order chi connectivity index (χ0) is 16.8. The average Bonchev–Trinajstić information content (AvgIpc) is 3.15. The highest BCUT2D eigenvalue weighted by atomic mass is 19.1. The van der Waals surface area contributed by atoms with Crippen LogP contribution in [-0.4, -0.2) is 28.0 Å². The number of halogens is 1. The Balaban J connectivity index is 1.45. The fourth-order valence-electron chi connectivity index (χ4n) is 4.07. The predicted molar refractivity (Wildman–Crippen MR) is 97.8 cm³/mol. The van der Waals surface area contributed by atoms with Gasteiger partial charge < -0.3 is 4.98 Å². The van der Waals surface area contributed by atoms with Crippen LogP contribution in [-0.2, 0) is 0 Å². The fourth-order valence-corrected chi connectivity index (χ4v) is 4.07. The molecule has 0 radical (unpaired) electrons. The molecule has 1 N–H and O–H groups in total. The molecular weight excluding hydrogens is 313 g/mol. The third-order valence-electron chi connectivity index (χ3n) is 5.58. The lowest BCUT2D eigenvalue weighted by Gasteiger charge is -2.25. The first-order chi connectivity index (χ1) is 12.3. The zero-order valence-electron chi connectivity index (χ0n) is 14.2. The number of hydrogen-bond acceptors (Lipinski definition) is 2. The van der Waals surface area contributed by atoms with Gasteiger partial charge in [-0.2, -0.15) is 0 Å². The molecule has 1 atom stereocenters. The van der Waals surface area contributed by atoms with E-state index in [1.165, 1.54) is 25.8 Å². The van der Waals surface area contributed by atoms with Gasteiger partial charge in [0.05, 0.1) is 16.6 Å². The van der Waals surface area contributed by atoms with Crippen molar-refractivity contribution in [3.8, 4) is 11.4 Å². The third-order valence-corrected chi connectivity index (χ3v) is 5.58. The highest BCUT2D eigenvalue weighted by molar-refractivity contribution is 5.79. The van der Waals surface area contributed by atoms with Crippen LogP contribution in [0.1, 0.15) is 37.3 Å². The van der Waals surface area contributed by atoms with E-state index in [2.05, 4.69) is 20.9 Å². The molecular formula is C21H22FN3. The van der Waals surface area contributed by atoms with Crippen molar-refractivity contribution in [2.24, 2.45) is 5.92 Å². The van der Waals surface area contributed by atoms with Gasteiger partial charge in [-0.15, -0.1) is 0 Å². The number of likely N-dealkylation sites (tertiary alicyclic amines) is 1. The summed E-state index contributed by atoms with van der Waals surface area (Å²) in [5.74, 6) is 1.29. The normalized spacial score (nSPS) is 21.2. The molecule has 1 saturated heterocycles. The number of H-pyrrole nitrogens is 1. The lowest BCUT2D eigenvalue weighted by molar-refractivity contribution is 0.246. The molecule has 3 nitrogen and oxygen atoms in total. The van der Waals surface area contributed by atoms with Gasteiger partial charge in [-0.1, -0.05) is 18.2 Å². The Kier molecular flexibility index (Phi) is 3.59. The van der Waals surface area contributed by atoms with Crippen LogP contribution in [0.3, 0.4) is 0 Å². The summed E-state index contributed by atoms with van der Waals surface area (Å²) < 4.78 is 14.8. The Hall–Kier alpha value is -2.20. The molecule has 4 heteroatoms. The number of aromatic amines is 1. The van der Waals surface area contributed by atoms with Crippen LogP contribution in [0.4, 0.5) is 4.39 Å². The van der Waals surface area contributed by atoms with Crippen molar-refractivity contribution in [2.45, 2.75) is 31.7 Å². The number of aromatic nitrogens is 2. The summed E-state index contributed by atoms with van der Waals surface area (Å²) in [6.07, 6.45) is 5.08. The quantitative estimate of drug-likeness (QED) is 0.734. The van der Waals surface area contributed by atoms with Gasteiger partial charge in [0, 0.05) is 12.6 Å². The molecule has 1 aliphatic carbocycles. The molecule has 5 rings (SSSR count). The maximum absolute atomic E-state index is 14.8. The van der Waals surface area contributed by atoms with Crippen LogP contribution in [0, 0.1) is 11.7 Å². The van der Waals surface area contributed by atoms with E-state index < -0.39 is 0 Å². The average molecular weight is 335 g/mol. The molecule has 0 amide bonds. The van der Waals surface area contributed by atoms with Crippen molar-refractivity contribution in [2.75, 3.05) is 13.1 Å². The fraction of sp³-hybridized carbons (Fsp3) is 0.381. The van der Waals surface area contributed by atoms with Gasteiger partial charge in [0.15, 0.2) is 0 Å². The molecule has 1 saturated carbocycles. The van der Waals surface area contributed by atoms with Gasteiger partial charge in [-0.05, 0) is 68.0 Å². The smallest absolute Gasteiger partial charge is 0.141 e. The van der Waals surface area contributed by atoms with Crippen LogP contribution in [0.2, 0.25) is 0 Å². The first-order valence-electron chi connectivity index (χ1n) is 9.26. The number of nitrogens with one attached hydrogen (secondary N) is 1. The third kappa shape index (κ3) is 2.85. The minimum atomic E-state index is -0.185. The van der Waals surface area contributed by atoms with Gasteiger partial charge in [0.2, 0.25) is 0 Å². The zero-order valence-corrected chi connectivity index (χ0v) is 14.2. The Bertz CT molecular complexity index is 879. The summed E-state index contributed by atoms with van der Waals surface area (Å²) in [7, 11) is 0. The second-order valence-corrected chi connectivity index (χ2v) is 7.44. The summed E-state index contributed by atoms with van der Waals surface area (Å²) >= 11 is 0. The van der Waals surface area contributed by atoms with Crippen LogP contribution in [0.15, 0.2) is 42.5 Å². The van der Waals surface area contributed by atoms with Crippen molar-refractivity contribution in [1.29, 1.82) is 0 Å². The van der Waals surface area contributed by atoms with Gasteiger partial charge in [-0.25, -0.2) is 9.37 Å². The molecule has 0 spiro atoms. The van der Waals surface area contributed by atoms with Crippen LogP contribution in [0.25, 0.3) is 22.4 Å². The van der Waals surface area contributed by atoms with E-state index >= 15 is 0 Å². The van der Waals surface area contributed by atoms with Crippen molar-refractivity contribution in [1.82, 2.24) is 14.9 Å². The Morgan fingerprint density at radius 3 is 2.80 bits per heavy atom. The SMILES string of the molecule is Fc1cc(C2CCCN2CC2CC2)ccc1-c1nc2ccccc2[nH]1. The second kappa shape index (κ2) is 5.95. The summed E-state index contributed by atoms with van der Waals surface area (Å²) in [5.41, 5.74) is 3.46. The number of fused-ring (bicyclic) bond motifs is 1. The maximum atomic E-state index is 14.8. The van der Waals surface area contributed by atoms with Gasteiger partial charge in [0.1, 0.15) is 11.6 Å². The number of hydrogen-bond donors (Lipinski definition) is 1. The molecule has 2 aliphatic rings. The highest BCUT2D eigenvalue weighted by Crippen LogP contribution is 2.38. The van der Waals surface area contributed by atoms with Crippen molar-refractivity contribution in [3.63, 3.8) is 0 Å². The number of imidazole rings is 1. The van der Waals surface area contributed by atoms with E-state index in [0.29, 0.717) is 17.4 Å². The molecule has 1 unspecified atom stereocenters. The maximum Gasteiger partial charge on any atom is 0.141 e. The summed E-state index contributed by atoms with van der Waals surface area (Å²) in [6, 6.07) is 13.9. The van der Waals surface area contributed by atoms with E-state index in [9.17, 15) is 4.39 Å². The molecule has 3 aromatic rings. The molecule has 2 fully saturated rings. The van der Waals surface area contributed by atoms with Gasteiger partial charge in [0.25, 0.3) is 0 Å². The molecule has 1 aliphatic heterocycles. The number of benzene rings is 2. The number of nitrogens with zero attached hydrogens (tertiary/aromatic N) is 2. The summed E-state index contributed by atoms with van der Waals surface area (Å²) in [6.45, 7) is 2.33. The van der Waals surface area contributed by atoms with E-state index in [4.69, 9.17) is 0 Å². The summed E-state index contributed by atoms with van der Waals surface area (Å²) in [5, 5.41) is 0. The van der Waals surface area contributed by atoms with Crippen molar-refractivity contribution in [3.05, 3.63) is 53.8 Å². The molecule has 25 heavy (non-hydrogen) atoms. The van der Waals surface area contributed by atoms with Crippen molar-refractivity contribution < 1.29 is 4.39 Å². The minimum absolute atomic E-state index is 0.185. The lowest BCUT2D eigenvalue weighted by Crippen LogP contribution is -2.25. The first kappa shape index (κ1) is 15.1. The molecule has 128 valence electrons. The van der Waals surface area contributed by atoms with Gasteiger partial charge in [-0.3, -0.25) is 4.90 Å². The summed E-state index contributed by atoms with van der Waals surface area (Å²) in [4.78, 5) is 10.3. The number of rotatable bonds is 4. The lowest BCUT2D eigenvalue weighted by atomic mass is 10.0. The molecule has 0 bridgehead atoms. The minimum Gasteiger partial charge on any atom is -0.338 e. The van der Waals surface area contributed by atoms with Crippen molar-refractivity contribution >= 4 is 11.0 Å². The molecule has 2 aromatic carbocycles. The second-order valence-electron chi connectivity index (χ2n) is 7.44. The van der Waals surface area contributed by atoms with E-state index in [-0.39, 0.29) is 5.82 Å². The number of para-hydroxylation sites is 2. The molecule has 2 heterocycles. The topological polar surface area (TPSA) is 31.9 Å². The van der Waals surface area contributed by atoms with Crippen LogP contribution in [0.5, 0.6) is 0 Å². The Morgan fingerprint density at radius 1 is 1.12 bits per heavy atom. The van der Waals surface area contributed by atoms with E-state index in [1.807, 2.05) is 30.3 Å². The Morgan fingerprint density at radius 2 is 2.00 bits per heavy atom. The van der Waals surface area contributed by atoms with Gasteiger partial charge >= 0.3 is 0 Å². The largest absolute Gasteiger partial charge is 0.338 e. The molecule has 1 aromatic heterocycles. The van der Waals surface area contributed by atoms with Crippen LogP contribution < -0.4 is 0 Å². The standard InChI is InChI=1S/C21H22FN3/c22-17-12-15(20-6-3-11-25(20)13-14-7-8-14)9-10-16(17)21-23-18-4-1-2-5-19(18)24-21/h1-2,4-5,9-10,12,14,20H,3,6-8,11,13H2,(H,23,24). The van der Waals surface area contributed by atoms with E-state index in [0.717, 1.165) is 35.5 Å².